The second-order valence-corrected chi connectivity index (χ2v) is 5.27. The van der Waals surface area contributed by atoms with Gasteiger partial charge in [-0.3, -0.25) is 0 Å². The zero-order chi connectivity index (χ0) is 13.0. The molecule has 3 heteroatoms. The molecule has 0 saturated heterocycles. The normalized spacial score (nSPS) is 12.3. The van der Waals surface area contributed by atoms with Gasteiger partial charge in [-0.15, -0.1) is 0 Å². The summed E-state index contributed by atoms with van der Waals surface area (Å²) in [7, 11) is 0. The fourth-order valence-corrected chi connectivity index (χ4v) is 2.27. The van der Waals surface area contributed by atoms with Gasteiger partial charge in [0.2, 0.25) is 0 Å². The third-order valence-electron chi connectivity index (χ3n) is 3.00. The van der Waals surface area contributed by atoms with Gasteiger partial charge < -0.3 is 11.1 Å². The molecule has 18 heavy (non-hydrogen) atoms. The number of para-hydroxylation sites is 1. The molecule has 0 radical (unpaired) electrons. The van der Waals surface area contributed by atoms with E-state index >= 15 is 0 Å². The molecule has 0 unspecified atom stereocenters. The minimum atomic E-state index is 0.294. The maximum absolute atomic E-state index is 5.92. The van der Waals surface area contributed by atoms with E-state index in [0.29, 0.717) is 6.04 Å². The van der Waals surface area contributed by atoms with E-state index in [1.807, 2.05) is 24.3 Å². The van der Waals surface area contributed by atoms with Gasteiger partial charge in [-0.05, 0) is 36.2 Å². The Balaban J connectivity index is 2.00. The van der Waals surface area contributed by atoms with Crippen LogP contribution in [0.15, 0.2) is 53.0 Å². The third-order valence-corrected chi connectivity index (χ3v) is 3.50. The second-order valence-electron chi connectivity index (χ2n) is 4.36. The largest absolute Gasteiger partial charge is 0.398 e. The number of halogens is 1. The van der Waals surface area contributed by atoms with Crippen molar-refractivity contribution < 1.29 is 0 Å². The van der Waals surface area contributed by atoms with E-state index in [-0.39, 0.29) is 0 Å². The summed E-state index contributed by atoms with van der Waals surface area (Å²) in [5.74, 6) is 0. The lowest BCUT2D eigenvalue weighted by Gasteiger charge is -2.15. The lowest BCUT2D eigenvalue weighted by molar-refractivity contribution is 0.575. The molecule has 2 rings (SSSR count). The summed E-state index contributed by atoms with van der Waals surface area (Å²) in [4.78, 5) is 0. The zero-order valence-corrected chi connectivity index (χ0v) is 11.9. The summed E-state index contributed by atoms with van der Waals surface area (Å²) >= 11 is 3.49. The first kappa shape index (κ1) is 13.1. The number of nitrogen functional groups attached to an aromatic ring is 1. The number of anilines is 1. The predicted molar refractivity (Wildman–Crippen MR) is 80.3 cm³/mol. The lowest BCUT2D eigenvalue weighted by atomic mass is 10.1. The average molecular weight is 305 g/mol. The van der Waals surface area contributed by atoms with Crippen molar-refractivity contribution in [2.75, 3.05) is 5.73 Å². The molecule has 2 aromatic rings. The van der Waals surface area contributed by atoms with Gasteiger partial charge >= 0.3 is 0 Å². The Morgan fingerprint density at radius 2 is 1.94 bits per heavy atom. The lowest BCUT2D eigenvalue weighted by Crippen LogP contribution is -2.18. The van der Waals surface area contributed by atoms with Crippen LogP contribution in [-0.2, 0) is 6.54 Å². The number of nitrogens with two attached hydrogens (primary N) is 1. The summed E-state index contributed by atoms with van der Waals surface area (Å²) in [6, 6.07) is 16.6. The summed E-state index contributed by atoms with van der Waals surface area (Å²) in [6.45, 7) is 2.93. The van der Waals surface area contributed by atoms with Gasteiger partial charge in [-0.25, -0.2) is 0 Å². The van der Waals surface area contributed by atoms with Crippen molar-refractivity contribution >= 4 is 21.6 Å². The third kappa shape index (κ3) is 3.34. The topological polar surface area (TPSA) is 38.0 Å². The van der Waals surface area contributed by atoms with Crippen LogP contribution in [0.4, 0.5) is 5.69 Å². The van der Waals surface area contributed by atoms with Crippen LogP contribution >= 0.6 is 15.9 Å². The fourth-order valence-electron chi connectivity index (χ4n) is 1.85. The van der Waals surface area contributed by atoms with Gasteiger partial charge in [0.1, 0.15) is 0 Å². The minimum Gasteiger partial charge on any atom is -0.398 e. The van der Waals surface area contributed by atoms with E-state index in [1.165, 1.54) is 5.56 Å². The van der Waals surface area contributed by atoms with Crippen molar-refractivity contribution in [3.05, 3.63) is 64.1 Å². The first-order valence-corrected chi connectivity index (χ1v) is 6.78. The Bertz CT molecular complexity index is 525. The van der Waals surface area contributed by atoms with E-state index in [2.05, 4.69) is 52.4 Å². The number of hydrogen-bond donors (Lipinski definition) is 2. The summed E-state index contributed by atoms with van der Waals surface area (Å²) < 4.78 is 1.10. The molecule has 0 heterocycles. The van der Waals surface area contributed by atoms with Gasteiger partial charge in [0.05, 0.1) is 0 Å². The molecule has 1 atom stereocenters. The van der Waals surface area contributed by atoms with Crippen LogP contribution in [0.2, 0.25) is 0 Å². The first-order valence-electron chi connectivity index (χ1n) is 5.99. The van der Waals surface area contributed by atoms with E-state index < -0.39 is 0 Å². The van der Waals surface area contributed by atoms with Gasteiger partial charge in [-0.2, -0.15) is 0 Å². The molecule has 2 nitrogen and oxygen atoms in total. The molecule has 94 valence electrons. The summed E-state index contributed by atoms with van der Waals surface area (Å²) in [5, 5.41) is 3.48. The second kappa shape index (κ2) is 6.03. The average Bonchev–Trinajstić information content (AvgIpc) is 2.37. The van der Waals surface area contributed by atoms with Crippen LogP contribution in [0.5, 0.6) is 0 Å². The van der Waals surface area contributed by atoms with Crippen molar-refractivity contribution in [2.45, 2.75) is 19.5 Å². The smallest absolute Gasteiger partial charge is 0.0359 e. The highest BCUT2D eigenvalue weighted by atomic mass is 79.9. The highest BCUT2D eigenvalue weighted by Crippen LogP contribution is 2.19. The van der Waals surface area contributed by atoms with Crippen LogP contribution in [0.3, 0.4) is 0 Å². The monoisotopic (exact) mass is 304 g/mol. The molecule has 0 amide bonds. The van der Waals surface area contributed by atoms with Gasteiger partial charge in [0.15, 0.2) is 0 Å². The predicted octanol–water partition coefficient (Wildman–Crippen LogP) is 3.88. The van der Waals surface area contributed by atoms with Crippen molar-refractivity contribution in [2.24, 2.45) is 0 Å². The molecule has 0 aliphatic carbocycles. The van der Waals surface area contributed by atoms with Gasteiger partial charge in [0.25, 0.3) is 0 Å². The molecular weight excluding hydrogens is 288 g/mol. The van der Waals surface area contributed by atoms with E-state index in [1.54, 1.807) is 0 Å². The number of hydrogen-bond acceptors (Lipinski definition) is 2. The van der Waals surface area contributed by atoms with Gasteiger partial charge in [0, 0.05) is 22.7 Å². The van der Waals surface area contributed by atoms with E-state index in [0.717, 1.165) is 22.3 Å². The number of nitrogens with one attached hydrogen (secondary N) is 1. The van der Waals surface area contributed by atoms with Crippen molar-refractivity contribution in [3.63, 3.8) is 0 Å². The van der Waals surface area contributed by atoms with Crippen LogP contribution in [0, 0.1) is 0 Å². The Morgan fingerprint density at radius 1 is 1.17 bits per heavy atom. The molecule has 0 bridgehead atoms. The molecule has 0 aliphatic heterocycles. The molecule has 3 N–H and O–H groups in total. The Labute approximate surface area is 116 Å². The minimum absolute atomic E-state index is 0.294. The Kier molecular flexibility index (Phi) is 4.39. The van der Waals surface area contributed by atoms with E-state index in [9.17, 15) is 0 Å². The SMILES string of the molecule is C[C@H](NCc1ccccc1N)c1cccc(Br)c1. The quantitative estimate of drug-likeness (QED) is 0.841. The summed E-state index contributed by atoms with van der Waals surface area (Å²) in [5.41, 5.74) is 9.16. The molecule has 2 aromatic carbocycles. The maximum Gasteiger partial charge on any atom is 0.0359 e. The van der Waals surface area contributed by atoms with Crippen LogP contribution < -0.4 is 11.1 Å². The van der Waals surface area contributed by atoms with Crippen molar-refractivity contribution in [1.29, 1.82) is 0 Å². The number of benzene rings is 2. The number of rotatable bonds is 4. The fraction of sp³-hybridized carbons (Fsp3) is 0.200. The highest BCUT2D eigenvalue weighted by molar-refractivity contribution is 9.10. The standard InChI is InChI=1S/C15H17BrN2/c1-11(12-6-4-7-14(16)9-12)18-10-13-5-2-3-8-15(13)17/h2-9,11,18H,10,17H2,1H3/t11-/m0/s1. The molecule has 0 fully saturated rings. The molecule has 0 spiro atoms. The summed E-state index contributed by atoms with van der Waals surface area (Å²) in [6.07, 6.45) is 0. The van der Waals surface area contributed by atoms with Crippen LogP contribution in [-0.4, -0.2) is 0 Å². The first-order chi connectivity index (χ1) is 8.66. The van der Waals surface area contributed by atoms with E-state index in [4.69, 9.17) is 5.73 Å². The maximum atomic E-state index is 5.92. The van der Waals surface area contributed by atoms with Gasteiger partial charge in [-0.1, -0.05) is 46.3 Å². The Hall–Kier alpha value is -1.32. The molecule has 0 aromatic heterocycles. The van der Waals surface area contributed by atoms with Crippen molar-refractivity contribution in [1.82, 2.24) is 5.32 Å². The molecule has 0 aliphatic rings. The highest BCUT2D eigenvalue weighted by Gasteiger charge is 2.06. The van der Waals surface area contributed by atoms with Crippen LogP contribution in [0.1, 0.15) is 24.1 Å². The zero-order valence-electron chi connectivity index (χ0n) is 10.4. The van der Waals surface area contributed by atoms with Crippen molar-refractivity contribution in [3.8, 4) is 0 Å². The molecule has 0 saturated carbocycles. The Morgan fingerprint density at radius 3 is 2.67 bits per heavy atom. The molecular formula is C15H17BrN2. The van der Waals surface area contributed by atoms with Crippen LogP contribution in [0.25, 0.3) is 0 Å².